The molecule has 8 heteroatoms. The summed E-state index contributed by atoms with van der Waals surface area (Å²) in [5, 5.41) is 5.72. The smallest absolute Gasteiger partial charge is 0.251 e. The molecule has 1 saturated carbocycles. The monoisotopic (exact) mass is 455 g/mol. The predicted octanol–water partition coefficient (Wildman–Crippen LogP) is 3.39. The summed E-state index contributed by atoms with van der Waals surface area (Å²) in [5.74, 6) is 0.220. The fourth-order valence-corrected chi connectivity index (χ4v) is 5.50. The molecule has 7 nitrogen and oxygen atoms in total. The van der Waals surface area contributed by atoms with E-state index in [0.717, 1.165) is 31.2 Å². The minimum Gasteiger partial charge on any atom is -0.348 e. The summed E-state index contributed by atoms with van der Waals surface area (Å²) in [5.41, 5.74) is 1.87. The van der Waals surface area contributed by atoms with Gasteiger partial charge in [-0.25, -0.2) is 8.42 Å². The number of piperidine rings is 1. The summed E-state index contributed by atoms with van der Waals surface area (Å²) >= 11 is 0. The third-order valence-corrected chi connectivity index (χ3v) is 8.08. The molecule has 2 fully saturated rings. The summed E-state index contributed by atoms with van der Waals surface area (Å²) in [7, 11) is -3.46. The molecule has 2 unspecified atom stereocenters. The molecule has 0 aromatic heterocycles. The van der Waals surface area contributed by atoms with Gasteiger partial charge >= 0.3 is 0 Å². The zero-order chi connectivity index (χ0) is 22.7. The first-order valence-corrected chi connectivity index (χ1v) is 12.6. The highest BCUT2D eigenvalue weighted by atomic mass is 32.2. The molecule has 2 aliphatic rings. The number of hydrogen-bond acceptors (Lipinski definition) is 4. The van der Waals surface area contributed by atoms with E-state index in [2.05, 4.69) is 10.6 Å². The molecule has 32 heavy (non-hydrogen) atoms. The number of hydrogen-bond donors (Lipinski definition) is 2. The Bertz CT molecular complexity index is 1090. The normalized spacial score (nSPS) is 21.0. The van der Waals surface area contributed by atoms with Crippen LogP contribution in [0.25, 0.3) is 0 Å². The standard InChI is InChI=1S/C24H29N3O4S/c1-17-14-22(17)24(29)26-20-7-5-6-19(15-20)23(28)25-16-18-8-10-21(11-9-18)32(30,31)27-12-3-2-4-13-27/h5-11,15,17,22H,2-4,12-14,16H2,1H3,(H,25,28)(H,26,29). The van der Waals surface area contributed by atoms with Gasteiger partial charge in [0.1, 0.15) is 0 Å². The maximum atomic E-state index is 12.7. The highest BCUT2D eigenvalue weighted by Gasteiger charge is 2.39. The summed E-state index contributed by atoms with van der Waals surface area (Å²) < 4.78 is 27.0. The van der Waals surface area contributed by atoms with Crippen LogP contribution in [0.15, 0.2) is 53.4 Å². The van der Waals surface area contributed by atoms with Crippen molar-refractivity contribution in [3.63, 3.8) is 0 Å². The Morgan fingerprint density at radius 1 is 1.03 bits per heavy atom. The van der Waals surface area contributed by atoms with Crippen molar-refractivity contribution in [3.05, 3.63) is 59.7 Å². The van der Waals surface area contributed by atoms with Crippen LogP contribution in [0.4, 0.5) is 5.69 Å². The number of carbonyl (C=O) groups is 2. The Hall–Kier alpha value is -2.71. The first-order chi connectivity index (χ1) is 15.3. The van der Waals surface area contributed by atoms with Crippen LogP contribution in [0.3, 0.4) is 0 Å². The number of benzene rings is 2. The zero-order valence-electron chi connectivity index (χ0n) is 18.2. The van der Waals surface area contributed by atoms with Crippen LogP contribution in [0.1, 0.15) is 48.5 Å². The van der Waals surface area contributed by atoms with Gasteiger partial charge in [-0.15, -0.1) is 0 Å². The number of rotatable bonds is 7. The van der Waals surface area contributed by atoms with Gasteiger partial charge in [-0.1, -0.05) is 31.5 Å². The molecule has 1 aliphatic heterocycles. The molecular formula is C24H29N3O4S. The van der Waals surface area contributed by atoms with E-state index in [1.165, 1.54) is 0 Å². The number of sulfonamides is 1. The van der Waals surface area contributed by atoms with E-state index in [9.17, 15) is 18.0 Å². The van der Waals surface area contributed by atoms with Crippen molar-refractivity contribution in [2.24, 2.45) is 11.8 Å². The molecule has 0 radical (unpaired) electrons. The number of nitrogens with one attached hydrogen (secondary N) is 2. The fourth-order valence-electron chi connectivity index (χ4n) is 3.98. The highest BCUT2D eigenvalue weighted by Crippen LogP contribution is 2.38. The maximum absolute atomic E-state index is 12.7. The number of carbonyl (C=O) groups excluding carboxylic acids is 2. The minimum atomic E-state index is -3.46. The van der Waals surface area contributed by atoms with E-state index in [1.54, 1.807) is 52.8 Å². The van der Waals surface area contributed by atoms with Crippen LogP contribution in [0.2, 0.25) is 0 Å². The van der Waals surface area contributed by atoms with E-state index in [1.807, 2.05) is 6.92 Å². The largest absolute Gasteiger partial charge is 0.348 e. The van der Waals surface area contributed by atoms with Gasteiger partial charge in [0, 0.05) is 36.8 Å². The Morgan fingerprint density at radius 2 is 1.72 bits per heavy atom. The lowest BCUT2D eigenvalue weighted by Crippen LogP contribution is -2.35. The predicted molar refractivity (Wildman–Crippen MR) is 123 cm³/mol. The van der Waals surface area contributed by atoms with Crippen molar-refractivity contribution in [2.75, 3.05) is 18.4 Å². The van der Waals surface area contributed by atoms with Gasteiger partial charge in [-0.3, -0.25) is 9.59 Å². The highest BCUT2D eigenvalue weighted by molar-refractivity contribution is 7.89. The van der Waals surface area contributed by atoms with Crippen LogP contribution in [-0.4, -0.2) is 37.6 Å². The molecule has 0 bridgehead atoms. The quantitative estimate of drug-likeness (QED) is 0.669. The summed E-state index contributed by atoms with van der Waals surface area (Å²) in [4.78, 5) is 25.0. The van der Waals surface area contributed by atoms with E-state index in [4.69, 9.17) is 0 Å². The molecule has 2 atom stereocenters. The molecule has 1 aliphatic carbocycles. The lowest BCUT2D eigenvalue weighted by atomic mass is 10.1. The Kier molecular flexibility index (Phi) is 6.62. The second-order valence-electron chi connectivity index (χ2n) is 8.68. The molecular weight excluding hydrogens is 426 g/mol. The lowest BCUT2D eigenvalue weighted by Gasteiger charge is -2.25. The third kappa shape index (κ3) is 5.19. The molecule has 170 valence electrons. The van der Waals surface area contributed by atoms with Crippen LogP contribution >= 0.6 is 0 Å². The average Bonchev–Trinajstić information content (AvgIpc) is 3.55. The molecule has 2 aromatic rings. The molecule has 2 amide bonds. The average molecular weight is 456 g/mol. The van der Waals surface area contributed by atoms with Crippen LogP contribution in [0, 0.1) is 11.8 Å². The van der Waals surface area contributed by atoms with Gasteiger partial charge in [0.05, 0.1) is 4.90 Å². The lowest BCUT2D eigenvalue weighted by molar-refractivity contribution is -0.117. The fraction of sp³-hybridized carbons (Fsp3) is 0.417. The number of anilines is 1. The van der Waals surface area contributed by atoms with Gasteiger partial charge < -0.3 is 10.6 Å². The summed E-state index contributed by atoms with van der Waals surface area (Å²) in [6.45, 7) is 3.46. The second-order valence-corrected chi connectivity index (χ2v) is 10.6. The molecule has 1 saturated heterocycles. The minimum absolute atomic E-state index is 0.00495. The topological polar surface area (TPSA) is 95.6 Å². The van der Waals surface area contributed by atoms with Crippen LogP contribution in [-0.2, 0) is 21.4 Å². The van der Waals surface area contributed by atoms with E-state index in [-0.39, 0.29) is 29.2 Å². The first-order valence-electron chi connectivity index (χ1n) is 11.1. The Morgan fingerprint density at radius 3 is 2.38 bits per heavy atom. The number of amides is 2. The molecule has 4 rings (SSSR count). The second kappa shape index (κ2) is 9.42. The maximum Gasteiger partial charge on any atom is 0.251 e. The van der Waals surface area contributed by atoms with Crippen molar-refractivity contribution in [3.8, 4) is 0 Å². The van der Waals surface area contributed by atoms with Crippen LogP contribution in [0.5, 0.6) is 0 Å². The zero-order valence-corrected chi connectivity index (χ0v) is 19.0. The van der Waals surface area contributed by atoms with E-state index < -0.39 is 10.0 Å². The molecule has 2 N–H and O–H groups in total. The van der Waals surface area contributed by atoms with Crippen molar-refractivity contribution >= 4 is 27.5 Å². The molecule has 2 aromatic carbocycles. The van der Waals surface area contributed by atoms with Crippen molar-refractivity contribution < 1.29 is 18.0 Å². The molecule has 1 heterocycles. The van der Waals surface area contributed by atoms with E-state index >= 15 is 0 Å². The summed E-state index contributed by atoms with van der Waals surface area (Å²) in [6, 6.07) is 13.5. The van der Waals surface area contributed by atoms with Crippen molar-refractivity contribution in [1.29, 1.82) is 0 Å². The van der Waals surface area contributed by atoms with Gasteiger partial charge in [-0.05, 0) is 61.1 Å². The van der Waals surface area contributed by atoms with Crippen molar-refractivity contribution in [1.82, 2.24) is 9.62 Å². The van der Waals surface area contributed by atoms with Crippen molar-refractivity contribution in [2.45, 2.75) is 44.0 Å². The third-order valence-electron chi connectivity index (χ3n) is 6.17. The van der Waals surface area contributed by atoms with Gasteiger partial charge in [-0.2, -0.15) is 4.31 Å². The molecule has 0 spiro atoms. The van der Waals surface area contributed by atoms with Gasteiger partial charge in [0.2, 0.25) is 15.9 Å². The van der Waals surface area contributed by atoms with Gasteiger partial charge in [0.25, 0.3) is 5.91 Å². The van der Waals surface area contributed by atoms with Gasteiger partial charge in [0.15, 0.2) is 0 Å². The SMILES string of the molecule is CC1CC1C(=O)Nc1cccc(C(=O)NCc2ccc(S(=O)(=O)N3CCCCC3)cc2)c1. The van der Waals surface area contributed by atoms with E-state index in [0.29, 0.717) is 30.3 Å². The van der Waals surface area contributed by atoms with Crippen LogP contribution < -0.4 is 10.6 Å². The first kappa shape index (κ1) is 22.5. The summed E-state index contributed by atoms with van der Waals surface area (Å²) in [6.07, 6.45) is 3.77. The Balaban J connectivity index is 1.34. The Labute approximate surface area is 189 Å². The number of nitrogens with zero attached hydrogens (tertiary/aromatic N) is 1.